The standard InChI is InChI=1S/C19H22N2O/c1-14(2)16-5-3-15(4-6-16)13-21(18-7-8-18)19(22)17-9-11-20-12-10-17/h3-6,9-12,14,18H,7-8,13H2,1-2H3. The summed E-state index contributed by atoms with van der Waals surface area (Å²) in [5, 5.41) is 0. The van der Waals surface area contributed by atoms with Crippen molar-refractivity contribution < 1.29 is 4.79 Å². The van der Waals surface area contributed by atoms with Gasteiger partial charge >= 0.3 is 0 Å². The SMILES string of the molecule is CC(C)c1ccc(CN(C(=O)c2ccncc2)C2CC2)cc1. The molecule has 1 amide bonds. The minimum absolute atomic E-state index is 0.109. The molecule has 22 heavy (non-hydrogen) atoms. The van der Waals surface area contributed by atoms with Crippen LogP contribution >= 0.6 is 0 Å². The molecule has 0 spiro atoms. The highest BCUT2D eigenvalue weighted by molar-refractivity contribution is 5.94. The first kappa shape index (κ1) is 14.8. The molecule has 1 heterocycles. The lowest BCUT2D eigenvalue weighted by Crippen LogP contribution is -2.32. The van der Waals surface area contributed by atoms with Crippen molar-refractivity contribution in [3.05, 3.63) is 65.5 Å². The Balaban J connectivity index is 1.76. The second kappa shape index (κ2) is 6.30. The van der Waals surface area contributed by atoms with Gasteiger partial charge in [0.25, 0.3) is 5.91 Å². The normalized spacial score (nSPS) is 14.1. The minimum Gasteiger partial charge on any atom is -0.331 e. The first-order chi connectivity index (χ1) is 10.6. The van der Waals surface area contributed by atoms with E-state index in [-0.39, 0.29) is 5.91 Å². The van der Waals surface area contributed by atoms with Gasteiger partial charge in [-0.25, -0.2) is 0 Å². The lowest BCUT2D eigenvalue weighted by atomic mass is 10.0. The molecule has 1 aliphatic rings. The average molecular weight is 294 g/mol. The van der Waals surface area contributed by atoms with Crippen LogP contribution in [0.2, 0.25) is 0 Å². The van der Waals surface area contributed by atoms with Crippen LogP contribution in [0.25, 0.3) is 0 Å². The fourth-order valence-electron chi connectivity index (χ4n) is 2.62. The van der Waals surface area contributed by atoms with E-state index >= 15 is 0 Å². The number of carbonyl (C=O) groups is 1. The summed E-state index contributed by atoms with van der Waals surface area (Å²) >= 11 is 0. The van der Waals surface area contributed by atoms with Crippen LogP contribution < -0.4 is 0 Å². The van der Waals surface area contributed by atoms with Crippen molar-refractivity contribution in [1.29, 1.82) is 0 Å². The molecule has 0 aliphatic heterocycles. The second-order valence-corrected chi connectivity index (χ2v) is 6.30. The molecule has 1 aromatic carbocycles. The number of benzene rings is 1. The van der Waals surface area contributed by atoms with Crippen LogP contribution in [-0.4, -0.2) is 21.8 Å². The van der Waals surface area contributed by atoms with E-state index in [1.165, 1.54) is 11.1 Å². The van der Waals surface area contributed by atoms with Crippen LogP contribution in [-0.2, 0) is 6.54 Å². The third kappa shape index (κ3) is 3.35. The lowest BCUT2D eigenvalue weighted by Gasteiger charge is -2.23. The number of nitrogens with zero attached hydrogens (tertiary/aromatic N) is 2. The fraction of sp³-hybridized carbons (Fsp3) is 0.368. The molecule has 0 unspecified atom stereocenters. The molecule has 0 radical (unpaired) electrons. The zero-order chi connectivity index (χ0) is 15.5. The van der Waals surface area contributed by atoms with Crippen molar-refractivity contribution in [1.82, 2.24) is 9.88 Å². The zero-order valence-corrected chi connectivity index (χ0v) is 13.2. The number of pyridine rings is 1. The van der Waals surface area contributed by atoms with Gasteiger partial charge in [0.05, 0.1) is 0 Å². The number of rotatable bonds is 5. The highest BCUT2D eigenvalue weighted by Gasteiger charge is 2.33. The largest absolute Gasteiger partial charge is 0.331 e. The van der Waals surface area contributed by atoms with Crippen LogP contribution in [0, 0.1) is 0 Å². The molecule has 114 valence electrons. The van der Waals surface area contributed by atoms with E-state index < -0.39 is 0 Å². The van der Waals surface area contributed by atoms with Crippen molar-refractivity contribution in [2.24, 2.45) is 0 Å². The highest BCUT2D eigenvalue weighted by atomic mass is 16.2. The Morgan fingerprint density at radius 1 is 1.14 bits per heavy atom. The molecule has 1 aromatic heterocycles. The first-order valence-corrected chi connectivity index (χ1v) is 7.95. The van der Waals surface area contributed by atoms with Gasteiger partial charge in [0.2, 0.25) is 0 Å². The monoisotopic (exact) mass is 294 g/mol. The lowest BCUT2D eigenvalue weighted by molar-refractivity contribution is 0.0730. The highest BCUT2D eigenvalue weighted by Crippen LogP contribution is 2.30. The summed E-state index contributed by atoms with van der Waals surface area (Å²) in [7, 11) is 0. The first-order valence-electron chi connectivity index (χ1n) is 7.95. The molecule has 1 fully saturated rings. The number of aromatic nitrogens is 1. The molecule has 3 nitrogen and oxygen atoms in total. The summed E-state index contributed by atoms with van der Waals surface area (Å²) in [5.41, 5.74) is 3.25. The third-order valence-corrected chi connectivity index (χ3v) is 4.18. The number of amides is 1. The number of carbonyl (C=O) groups excluding carboxylic acids is 1. The maximum absolute atomic E-state index is 12.7. The molecule has 2 aromatic rings. The van der Waals surface area contributed by atoms with Crippen LogP contribution in [0.15, 0.2) is 48.8 Å². The summed E-state index contributed by atoms with van der Waals surface area (Å²) in [6.45, 7) is 5.07. The summed E-state index contributed by atoms with van der Waals surface area (Å²) in [5.74, 6) is 0.643. The van der Waals surface area contributed by atoms with E-state index in [9.17, 15) is 4.79 Å². The van der Waals surface area contributed by atoms with Gasteiger partial charge in [-0.15, -0.1) is 0 Å². The van der Waals surface area contributed by atoms with Gasteiger partial charge in [0, 0.05) is 30.5 Å². The van der Waals surface area contributed by atoms with Crippen LogP contribution in [0.1, 0.15) is 54.1 Å². The van der Waals surface area contributed by atoms with E-state index in [4.69, 9.17) is 0 Å². The predicted molar refractivity (Wildman–Crippen MR) is 87.7 cm³/mol. The van der Waals surface area contributed by atoms with Crippen molar-refractivity contribution in [3.8, 4) is 0 Å². The van der Waals surface area contributed by atoms with Gasteiger partial charge < -0.3 is 4.90 Å². The Morgan fingerprint density at radius 2 is 1.77 bits per heavy atom. The number of hydrogen-bond donors (Lipinski definition) is 0. The van der Waals surface area contributed by atoms with Gasteiger partial charge in [0.15, 0.2) is 0 Å². The maximum atomic E-state index is 12.7. The van der Waals surface area contributed by atoms with Crippen molar-refractivity contribution in [2.45, 2.75) is 45.2 Å². The third-order valence-electron chi connectivity index (χ3n) is 4.18. The quantitative estimate of drug-likeness (QED) is 0.834. The molecule has 3 rings (SSSR count). The van der Waals surface area contributed by atoms with Crippen LogP contribution in [0.4, 0.5) is 0 Å². The van der Waals surface area contributed by atoms with Crippen molar-refractivity contribution in [3.63, 3.8) is 0 Å². The molecule has 3 heteroatoms. The van der Waals surface area contributed by atoms with Gasteiger partial charge in [-0.1, -0.05) is 38.1 Å². The van der Waals surface area contributed by atoms with E-state index in [1.54, 1.807) is 24.5 Å². The topological polar surface area (TPSA) is 33.2 Å². The summed E-state index contributed by atoms with van der Waals surface area (Å²) < 4.78 is 0. The Hall–Kier alpha value is -2.16. The average Bonchev–Trinajstić information content (AvgIpc) is 3.38. The van der Waals surface area contributed by atoms with Gasteiger partial charge in [-0.05, 0) is 42.0 Å². The van der Waals surface area contributed by atoms with Crippen LogP contribution in [0.5, 0.6) is 0 Å². The van der Waals surface area contributed by atoms with Gasteiger partial charge in [0.1, 0.15) is 0 Å². The molecule has 0 bridgehead atoms. The van der Waals surface area contributed by atoms with Gasteiger partial charge in [-0.2, -0.15) is 0 Å². The Kier molecular flexibility index (Phi) is 4.23. The molecule has 1 aliphatic carbocycles. The number of hydrogen-bond acceptors (Lipinski definition) is 2. The van der Waals surface area contributed by atoms with Crippen LogP contribution in [0.3, 0.4) is 0 Å². The predicted octanol–water partition coefficient (Wildman–Crippen LogP) is 4.01. The fourth-order valence-corrected chi connectivity index (χ4v) is 2.62. The molecule has 1 saturated carbocycles. The molecular formula is C19H22N2O. The van der Waals surface area contributed by atoms with Gasteiger partial charge in [-0.3, -0.25) is 9.78 Å². The maximum Gasteiger partial charge on any atom is 0.254 e. The Labute approximate surface area is 132 Å². The Bertz CT molecular complexity index is 630. The minimum atomic E-state index is 0.109. The van der Waals surface area contributed by atoms with E-state index in [0.29, 0.717) is 18.5 Å². The van der Waals surface area contributed by atoms with E-state index in [1.807, 2.05) is 4.90 Å². The second-order valence-electron chi connectivity index (χ2n) is 6.30. The van der Waals surface area contributed by atoms with Crippen molar-refractivity contribution in [2.75, 3.05) is 0 Å². The summed E-state index contributed by atoms with van der Waals surface area (Å²) in [6.07, 6.45) is 5.58. The summed E-state index contributed by atoms with van der Waals surface area (Å²) in [4.78, 5) is 18.7. The molecule has 0 N–H and O–H groups in total. The van der Waals surface area contributed by atoms with E-state index in [0.717, 1.165) is 18.4 Å². The Morgan fingerprint density at radius 3 is 2.32 bits per heavy atom. The molecule has 0 saturated heterocycles. The summed E-state index contributed by atoms with van der Waals surface area (Å²) in [6, 6.07) is 12.6. The smallest absolute Gasteiger partial charge is 0.254 e. The zero-order valence-electron chi connectivity index (χ0n) is 13.2. The van der Waals surface area contributed by atoms with Crippen molar-refractivity contribution >= 4 is 5.91 Å². The molecular weight excluding hydrogens is 272 g/mol. The molecule has 0 atom stereocenters. The van der Waals surface area contributed by atoms with E-state index in [2.05, 4.69) is 43.1 Å².